The molecule has 0 radical (unpaired) electrons. The summed E-state index contributed by atoms with van der Waals surface area (Å²) in [5, 5.41) is 3.20. The zero-order chi connectivity index (χ0) is 13.0. The maximum atomic E-state index is 12.0. The van der Waals surface area contributed by atoms with Crippen LogP contribution in [-0.4, -0.2) is 40.1 Å². The van der Waals surface area contributed by atoms with E-state index in [2.05, 4.69) is 15.0 Å². The van der Waals surface area contributed by atoms with Crippen LogP contribution in [0.3, 0.4) is 0 Å². The molecule has 1 aliphatic heterocycles. The summed E-state index contributed by atoms with van der Waals surface area (Å²) in [5.74, 6) is 0.764. The second-order valence-corrected chi connectivity index (χ2v) is 6.01. The van der Waals surface area contributed by atoms with Crippen LogP contribution in [0.5, 0.6) is 5.88 Å². The van der Waals surface area contributed by atoms with Gasteiger partial charge < -0.3 is 10.1 Å². The van der Waals surface area contributed by atoms with Crippen molar-refractivity contribution >= 4 is 10.0 Å². The third-order valence-corrected chi connectivity index (χ3v) is 4.36. The summed E-state index contributed by atoms with van der Waals surface area (Å²) < 4.78 is 31.4. The van der Waals surface area contributed by atoms with Gasteiger partial charge in [-0.25, -0.2) is 18.1 Å². The van der Waals surface area contributed by atoms with E-state index in [0.717, 1.165) is 19.5 Å². The Morgan fingerprint density at radius 3 is 2.94 bits per heavy atom. The molecule has 100 valence electrons. The maximum Gasteiger partial charge on any atom is 0.242 e. The molecule has 0 aliphatic carbocycles. The Morgan fingerprint density at radius 2 is 2.39 bits per heavy atom. The fraction of sp³-hybridized carbons (Fsp3) is 0.545. The van der Waals surface area contributed by atoms with Crippen LogP contribution in [0.25, 0.3) is 0 Å². The third kappa shape index (κ3) is 3.18. The number of hydrogen-bond donors (Lipinski definition) is 2. The summed E-state index contributed by atoms with van der Waals surface area (Å²) >= 11 is 0. The lowest BCUT2D eigenvalue weighted by molar-refractivity contribution is 0.397. The SMILES string of the molecule is COc1ccc(S(=O)(=O)NCC2CCNC2)cn1. The number of rotatable bonds is 5. The van der Waals surface area contributed by atoms with E-state index in [4.69, 9.17) is 4.74 Å². The molecule has 1 aliphatic rings. The molecule has 1 aromatic rings. The summed E-state index contributed by atoms with van der Waals surface area (Å²) in [4.78, 5) is 4.05. The summed E-state index contributed by atoms with van der Waals surface area (Å²) in [6.07, 6.45) is 2.30. The first kappa shape index (κ1) is 13.3. The van der Waals surface area contributed by atoms with E-state index in [1.54, 1.807) is 0 Å². The van der Waals surface area contributed by atoms with Gasteiger partial charge in [0.2, 0.25) is 15.9 Å². The zero-order valence-electron chi connectivity index (χ0n) is 10.2. The van der Waals surface area contributed by atoms with Crippen molar-refractivity contribution in [1.82, 2.24) is 15.0 Å². The van der Waals surface area contributed by atoms with Crippen LogP contribution in [0.15, 0.2) is 23.2 Å². The summed E-state index contributed by atoms with van der Waals surface area (Å²) in [6, 6.07) is 3.02. The lowest BCUT2D eigenvalue weighted by atomic mass is 10.1. The van der Waals surface area contributed by atoms with E-state index in [9.17, 15) is 8.42 Å². The normalized spacial score (nSPS) is 19.9. The van der Waals surface area contributed by atoms with E-state index in [1.165, 1.54) is 25.4 Å². The first-order chi connectivity index (χ1) is 8.62. The minimum Gasteiger partial charge on any atom is -0.481 e. The molecule has 7 heteroatoms. The van der Waals surface area contributed by atoms with Crippen molar-refractivity contribution in [3.63, 3.8) is 0 Å². The average molecular weight is 271 g/mol. The molecular weight excluding hydrogens is 254 g/mol. The highest BCUT2D eigenvalue weighted by molar-refractivity contribution is 7.89. The number of nitrogens with one attached hydrogen (secondary N) is 2. The van der Waals surface area contributed by atoms with E-state index < -0.39 is 10.0 Å². The Hall–Kier alpha value is -1.18. The third-order valence-electron chi connectivity index (χ3n) is 2.95. The lowest BCUT2D eigenvalue weighted by Crippen LogP contribution is -2.30. The first-order valence-electron chi connectivity index (χ1n) is 5.82. The molecule has 6 nitrogen and oxygen atoms in total. The Bertz CT molecular complexity index is 481. The van der Waals surface area contributed by atoms with Crippen molar-refractivity contribution in [3.05, 3.63) is 18.3 Å². The van der Waals surface area contributed by atoms with Gasteiger partial charge in [0.05, 0.1) is 13.3 Å². The van der Waals surface area contributed by atoms with Gasteiger partial charge in [-0.2, -0.15) is 0 Å². The van der Waals surface area contributed by atoms with Crippen LogP contribution in [-0.2, 0) is 10.0 Å². The predicted molar refractivity (Wildman–Crippen MR) is 67.0 cm³/mol. The molecule has 0 saturated carbocycles. The lowest BCUT2D eigenvalue weighted by Gasteiger charge is -2.10. The van der Waals surface area contributed by atoms with E-state index in [0.29, 0.717) is 18.3 Å². The molecule has 0 amide bonds. The molecule has 1 fully saturated rings. The summed E-state index contributed by atoms with van der Waals surface area (Å²) in [7, 11) is -1.98. The molecule has 2 heterocycles. The number of methoxy groups -OCH3 is 1. The van der Waals surface area contributed by atoms with Crippen molar-refractivity contribution in [3.8, 4) is 5.88 Å². The Kier molecular flexibility index (Phi) is 4.15. The van der Waals surface area contributed by atoms with Gasteiger partial charge in [-0.3, -0.25) is 0 Å². The molecule has 0 spiro atoms. The fourth-order valence-corrected chi connectivity index (χ4v) is 2.91. The zero-order valence-corrected chi connectivity index (χ0v) is 11.0. The van der Waals surface area contributed by atoms with Gasteiger partial charge in [-0.05, 0) is 31.5 Å². The van der Waals surface area contributed by atoms with Crippen molar-refractivity contribution < 1.29 is 13.2 Å². The van der Waals surface area contributed by atoms with Crippen molar-refractivity contribution in [2.24, 2.45) is 5.92 Å². The number of aromatic nitrogens is 1. The Balaban J connectivity index is 2.00. The monoisotopic (exact) mass is 271 g/mol. The minimum atomic E-state index is -3.47. The molecule has 1 saturated heterocycles. The molecule has 1 aromatic heterocycles. The largest absolute Gasteiger partial charge is 0.481 e. The van der Waals surface area contributed by atoms with Gasteiger partial charge in [0.15, 0.2) is 0 Å². The van der Waals surface area contributed by atoms with Crippen LogP contribution in [0.1, 0.15) is 6.42 Å². The van der Waals surface area contributed by atoms with Gasteiger partial charge in [0.1, 0.15) is 4.90 Å². The highest BCUT2D eigenvalue weighted by atomic mass is 32.2. The quantitative estimate of drug-likeness (QED) is 0.786. The maximum absolute atomic E-state index is 12.0. The number of ether oxygens (including phenoxy) is 1. The second-order valence-electron chi connectivity index (χ2n) is 4.25. The summed E-state index contributed by atoms with van der Waals surface area (Å²) in [5.41, 5.74) is 0. The number of sulfonamides is 1. The summed E-state index contributed by atoms with van der Waals surface area (Å²) in [6.45, 7) is 2.28. The van der Waals surface area contributed by atoms with E-state index in [1.807, 2.05) is 0 Å². The van der Waals surface area contributed by atoms with Crippen LogP contribution in [0.2, 0.25) is 0 Å². The average Bonchev–Trinajstić information content (AvgIpc) is 2.90. The van der Waals surface area contributed by atoms with Crippen LogP contribution in [0.4, 0.5) is 0 Å². The highest BCUT2D eigenvalue weighted by Crippen LogP contribution is 2.13. The van der Waals surface area contributed by atoms with Crippen molar-refractivity contribution in [2.75, 3.05) is 26.7 Å². The first-order valence-corrected chi connectivity index (χ1v) is 7.30. The Morgan fingerprint density at radius 1 is 1.56 bits per heavy atom. The van der Waals surface area contributed by atoms with E-state index >= 15 is 0 Å². The van der Waals surface area contributed by atoms with Gasteiger partial charge >= 0.3 is 0 Å². The second kappa shape index (κ2) is 5.64. The minimum absolute atomic E-state index is 0.161. The van der Waals surface area contributed by atoms with E-state index in [-0.39, 0.29) is 4.90 Å². The molecule has 0 bridgehead atoms. The molecule has 1 unspecified atom stereocenters. The number of hydrogen-bond acceptors (Lipinski definition) is 5. The molecule has 1 atom stereocenters. The van der Waals surface area contributed by atoms with Gasteiger partial charge in [-0.1, -0.05) is 0 Å². The van der Waals surface area contributed by atoms with Gasteiger partial charge in [0, 0.05) is 12.6 Å². The standard InChI is InChI=1S/C11H17N3O3S/c1-17-11-3-2-10(8-13-11)18(15,16)14-7-9-4-5-12-6-9/h2-3,8-9,12,14H,4-7H2,1H3. The Labute approximate surface area is 107 Å². The van der Waals surface area contributed by atoms with Crippen molar-refractivity contribution in [1.29, 1.82) is 0 Å². The molecule has 2 N–H and O–H groups in total. The van der Waals surface area contributed by atoms with Crippen LogP contribution >= 0.6 is 0 Å². The number of pyridine rings is 1. The number of nitrogens with zero attached hydrogens (tertiary/aromatic N) is 1. The molecule has 18 heavy (non-hydrogen) atoms. The highest BCUT2D eigenvalue weighted by Gasteiger charge is 2.19. The molecule has 2 rings (SSSR count). The van der Waals surface area contributed by atoms with Crippen molar-refractivity contribution in [2.45, 2.75) is 11.3 Å². The predicted octanol–water partition coefficient (Wildman–Crippen LogP) is -0.0220. The van der Waals surface area contributed by atoms with Crippen LogP contribution < -0.4 is 14.8 Å². The topological polar surface area (TPSA) is 80.3 Å². The fourth-order valence-electron chi connectivity index (χ4n) is 1.85. The smallest absolute Gasteiger partial charge is 0.242 e. The van der Waals surface area contributed by atoms with Gasteiger partial charge in [-0.15, -0.1) is 0 Å². The van der Waals surface area contributed by atoms with Gasteiger partial charge in [0.25, 0.3) is 0 Å². The van der Waals surface area contributed by atoms with Crippen LogP contribution in [0, 0.1) is 5.92 Å². The molecule has 0 aromatic carbocycles. The molecular formula is C11H17N3O3S.